The molecular weight excluding hydrogens is 470 g/mol. The molecule has 0 amide bonds. The van der Waals surface area contributed by atoms with Gasteiger partial charge in [-0.2, -0.15) is 0 Å². The van der Waals surface area contributed by atoms with Gasteiger partial charge in [0.2, 0.25) is 0 Å². The molecule has 0 bridgehead atoms. The van der Waals surface area contributed by atoms with Crippen LogP contribution in [0.5, 0.6) is 0 Å². The van der Waals surface area contributed by atoms with Gasteiger partial charge in [-0.25, -0.2) is 5.84 Å². The molecule has 0 saturated carbocycles. The highest BCUT2D eigenvalue weighted by Crippen LogP contribution is 2.44. The molecule has 1 aliphatic heterocycles. The largest absolute Gasteiger partial charge is 0.401 e. The Bertz CT molecular complexity index is 1400. The number of fused-ring (bicyclic) bond motifs is 3. The second kappa shape index (κ2) is 9.52. The Kier molecular flexibility index (Phi) is 6.55. The minimum Gasteiger partial charge on any atom is -0.401 e. The lowest BCUT2D eigenvalue weighted by atomic mass is 9.86. The molecule has 0 spiro atoms. The van der Waals surface area contributed by atoms with Crippen LogP contribution in [-0.4, -0.2) is 39.9 Å². The average molecular weight is 506 g/mol. The van der Waals surface area contributed by atoms with Crippen molar-refractivity contribution < 1.29 is 9.84 Å². The molecule has 8 heteroatoms. The van der Waals surface area contributed by atoms with Crippen molar-refractivity contribution in [2.24, 2.45) is 17.5 Å². The summed E-state index contributed by atoms with van der Waals surface area (Å²) in [6, 6.07) is 15.1. The van der Waals surface area contributed by atoms with Gasteiger partial charge in [0.25, 0.3) is 0 Å². The molecule has 4 heterocycles. The number of hydrogen-bond donors (Lipinski definition) is 3. The van der Waals surface area contributed by atoms with Gasteiger partial charge in [0.05, 0.1) is 33.1 Å². The predicted molar refractivity (Wildman–Crippen MR) is 147 cm³/mol. The molecule has 5 N–H and O–H groups in total. The van der Waals surface area contributed by atoms with E-state index >= 15 is 0 Å². The van der Waals surface area contributed by atoms with Gasteiger partial charge >= 0.3 is 0 Å². The van der Waals surface area contributed by atoms with Crippen LogP contribution >= 0.6 is 11.3 Å². The Labute approximate surface area is 215 Å². The summed E-state index contributed by atoms with van der Waals surface area (Å²) in [5.74, 6) is 6.56. The molecule has 1 saturated heterocycles. The fourth-order valence-electron chi connectivity index (χ4n) is 5.43. The van der Waals surface area contributed by atoms with Crippen molar-refractivity contribution in [3.63, 3.8) is 0 Å². The highest BCUT2D eigenvalue weighted by molar-refractivity contribution is 7.20. The van der Waals surface area contributed by atoms with Gasteiger partial charge in [-0.1, -0.05) is 30.3 Å². The van der Waals surface area contributed by atoms with Gasteiger partial charge in [-0.15, -0.1) is 11.3 Å². The summed E-state index contributed by atoms with van der Waals surface area (Å²) in [7, 11) is 1.79. The maximum Gasteiger partial charge on any atom is 0.106 e. The Morgan fingerprint density at radius 3 is 2.50 bits per heavy atom. The zero-order chi connectivity index (χ0) is 25.6. The molecular formula is C28H35N5O2S. The maximum absolute atomic E-state index is 10.8. The average Bonchev–Trinajstić information content (AvgIpc) is 3.39. The lowest BCUT2D eigenvalue weighted by molar-refractivity contribution is 0.0552. The summed E-state index contributed by atoms with van der Waals surface area (Å²) in [4.78, 5) is 5.87. The SMILES string of the molecule is C/C(N)=C(\c1cnc2c3sc(C(C)(C)O)cc3n(C(c3ccccc3)C3CCOCC3)c2c1)N(C)N. The summed E-state index contributed by atoms with van der Waals surface area (Å²) in [6.07, 6.45) is 3.81. The van der Waals surface area contributed by atoms with Crippen LogP contribution in [0.15, 0.2) is 54.4 Å². The van der Waals surface area contributed by atoms with Crippen molar-refractivity contribution in [3.8, 4) is 0 Å². The molecule has 1 aromatic carbocycles. The second-order valence-corrected chi connectivity index (χ2v) is 11.3. The predicted octanol–water partition coefficient (Wildman–Crippen LogP) is 4.95. The molecule has 190 valence electrons. The van der Waals surface area contributed by atoms with Gasteiger partial charge in [-0.3, -0.25) is 4.98 Å². The molecule has 0 radical (unpaired) electrons. The first kappa shape index (κ1) is 24.8. The van der Waals surface area contributed by atoms with Gasteiger partial charge in [0.15, 0.2) is 0 Å². The van der Waals surface area contributed by atoms with Crippen LogP contribution in [-0.2, 0) is 10.3 Å². The molecule has 1 fully saturated rings. The first-order chi connectivity index (χ1) is 17.2. The van der Waals surface area contributed by atoms with E-state index in [0.29, 0.717) is 11.6 Å². The molecule has 4 aromatic rings. The molecule has 5 rings (SSSR count). The third-order valence-electron chi connectivity index (χ3n) is 7.05. The third kappa shape index (κ3) is 4.39. The number of nitrogens with two attached hydrogens (primary N) is 2. The Morgan fingerprint density at radius 1 is 1.19 bits per heavy atom. The number of hydrogen-bond acceptors (Lipinski definition) is 7. The summed E-state index contributed by atoms with van der Waals surface area (Å²) < 4.78 is 9.25. The zero-order valence-electron chi connectivity index (χ0n) is 21.4. The van der Waals surface area contributed by atoms with E-state index < -0.39 is 5.60 Å². The van der Waals surface area contributed by atoms with Crippen LogP contribution in [0.3, 0.4) is 0 Å². The van der Waals surface area contributed by atoms with Gasteiger partial charge in [-0.05, 0) is 57.2 Å². The van der Waals surface area contributed by atoms with Crippen LogP contribution in [0.4, 0.5) is 0 Å². The number of nitrogens with zero attached hydrogens (tertiary/aromatic N) is 3. The van der Waals surface area contributed by atoms with E-state index in [9.17, 15) is 5.11 Å². The minimum atomic E-state index is -0.934. The van der Waals surface area contributed by atoms with Crippen molar-refractivity contribution in [2.75, 3.05) is 20.3 Å². The number of hydrazine groups is 1. The quantitative estimate of drug-likeness (QED) is 0.253. The maximum atomic E-state index is 10.8. The highest BCUT2D eigenvalue weighted by Gasteiger charge is 2.32. The van der Waals surface area contributed by atoms with E-state index in [2.05, 4.69) is 47.0 Å². The highest BCUT2D eigenvalue weighted by atomic mass is 32.1. The van der Waals surface area contributed by atoms with Crippen LogP contribution in [0.25, 0.3) is 26.9 Å². The second-order valence-electron chi connectivity index (χ2n) is 10.3. The fourth-order valence-corrected chi connectivity index (χ4v) is 6.58. The van der Waals surface area contributed by atoms with Crippen LogP contribution in [0.2, 0.25) is 0 Å². The van der Waals surface area contributed by atoms with Crippen LogP contribution in [0.1, 0.15) is 55.7 Å². The summed E-state index contributed by atoms with van der Waals surface area (Å²) >= 11 is 1.61. The van der Waals surface area contributed by atoms with E-state index in [0.717, 1.165) is 63.4 Å². The number of allylic oxidation sites excluding steroid dienone is 1. The fraction of sp³-hybridized carbons (Fsp3) is 0.393. The van der Waals surface area contributed by atoms with Crippen molar-refractivity contribution >= 4 is 38.3 Å². The Morgan fingerprint density at radius 2 is 1.89 bits per heavy atom. The number of aromatic nitrogens is 2. The van der Waals surface area contributed by atoms with Crippen molar-refractivity contribution in [3.05, 3.63) is 70.4 Å². The normalized spacial score (nSPS) is 16.9. The number of ether oxygens (including phenoxy) is 1. The van der Waals surface area contributed by atoms with E-state index in [4.69, 9.17) is 21.3 Å². The third-order valence-corrected chi connectivity index (χ3v) is 8.49. The number of aliphatic hydroxyl groups is 1. The Hall–Kier alpha value is -2.91. The minimum absolute atomic E-state index is 0.0958. The first-order valence-electron chi connectivity index (χ1n) is 12.4. The summed E-state index contributed by atoms with van der Waals surface area (Å²) in [5, 5.41) is 12.4. The van der Waals surface area contributed by atoms with Crippen LogP contribution in [0, 0.1) is 5.92 Å². The summed E-state index contributed by atoms with van der Waals surface area (Å²) in [5.41, 5.74) is 11.9. The number of pyridine rings is 1. The van der Waals surface area contributed by atoms with E-state index in [1.807, 2.05) is 27.0 Å². The zero-order valence-corrected chi connectivity index (χ0v) is 22.2. The topological polar surface area (TPSA) is 103 Å². The Balaban J connectivity index is 1.84. The van der Waals surface area contributed by atoms with E-state index in [1.165, 1.54) is 5.56 Å². The smallest absolute Gasteiger partial charge is 0.106 e. The lowest BCUT2D eigenvalue weighted by Crippen LogP contribution is -2.27. The molecule has 7 nitrogen and oxygen atoms in total. The molecule has 1 unspecified atom stereocenters. The lowest BCUT2D eigenvalue weighted by Gasteiger charge is -2.33. The molecule has 3 aromatic heterocycles. The standard InChI is InChI=1S/C28H35N5O2S/c1-17(29)25(32(4)30)20-14-21-24(31-16-20)27-22(15-23(36-27)28(2,3)34)33(21)26(18-8-6-5-7-9-18)19-10-12-35-13-11-19/h5-9,14-16,19,26,34H,10-13,29-30H2,1-4H3/b25-17-. The molecule has 1 aliphatic rings. The van der Waals surface area contributed by atoms with Crippen molar-refractivity contribution in [2.45, 2.75) is 45.3 Å². The van der Waals surface area contributed by atoms with Gasteiger partial charge in [0.1, 0.15) is 5.52 Å². The number of benzene rings is 1. The van der Waals surface area contributed by atoms with Crippen molar-refractivity contribution in [1.29, 1.82) is 0 Å². The first-order valence-corrected chi connectivity index (χ1v) is 13.2. The van der Waals surface area contributed by atoms with Gasteiger partial charge in [0, 0.05) is 42.6 Å². The van der Waals surface area contributed by atoms with E-state index in [-0.39, 0.29) is 6.04 Å². The van der Waals surface area contributed by atoms with E-state index in [1.54, 1.807) is 23.4 Å². The number of thiophene rings is 1. The van der Waals surface area contributed by atoms with Crippen molar-refractivity contribution in [1.82, 2.24) is 14.6 Å². The summed E-state index contributed by atoms with van der Waals surface area (Å²) in [6.45, 7) is 7.04. The van der Waals surface area contributed by atoms with Gasteiger partial charge < -0.3 is 25.2 Å². The molecule has 36 heavy (non-hydrogen) atoms. The monoisotopic (exact) mass is 505 g/mol. The molecule has 0 aliphatic carbocycles. The number of rotatable bonds is 6. The van der Waals surface area contributed by atoms with Crippen LogP contribution < -0.4 is 11.6 Å². The molecule has 1 atom stereocenters.